The van der Waals surface area contributed by atoms with Gasteiger partial charge >= 0.3 is 6.09 Å². The lowest BCUT2D eigenvalue weighted by Gasteiger charge is -2.26. The standard InChI is InChI=1S/C8H14N2O2/c11-8-10-7(5-12-8)6-3-1-2-4-9-6/h6-7,9H,1-5H2,(H,10,11). The maximum absolute atomic E-state index is 10.7. The van der Waals surface area contributed by atoms with Crippen molar-refractivity contribution in [3.8, 4) is 0 Å². The van der Waals surface area contributed by atoms with Crippen LogP contribution in [0.2, 0.25) is 0 Å². The van der Waals surface area contributed by atoms with Crippen molar-refractivity contribution in [1.29, 1.82) is 0 Å². The molecule has 2 aliphatic heterocycles. The highest BCUT2D eigenvalue weighted by Crippen LogP contribution is 2.13. The van der Waals surface area contributed by atoms with Crippen molar-refractivity contribution in [3.05, 3.63) is 0 Å². The Hall–Kier alpha value is -0.770. The van der Waals surface area contributed by atoms with Gasteiger partial charge in [0.15, 0.2) is 0 Å². The summed E-state index contributed by atoms with van der Waals surface area (Å²) in [6, 6.07) is 0.614. The van der Waals surface area contributed by atoms with Crippen LogP contribution < -0.4 is 10.6 Å². The number of hydrogen-bond donors (Lipinski definition) is 2. The third-order valence-electron chi connectivity index (χ3n) is 2.53. The van der Waals surface area contributed by atoms with E-state index in [-0.39, 0.29) is 12.1 Å². The Balaban J connectivity index is 1.86. The number of cyclic esters (lactones) is 1. The van der Waals surface area contributed by atoms with Gasteiger partial charge in [0, 0.05) is 6.04 Å². The minimum atomic E-state index is -0.271. The Labute approximate surface area is 71.7 Å². The molecule has 0 radical (unpaired) electrons. The van der Waals surface area contributed by atoms with Crippen LogP contribution >= 0.6 is 0 Å². The first-order valence-corrected chi connectivity index (χ1v) is 4.53. The first kappa shape index (κ1) is 7.86. The first-order chi connectivity index (χ1) is 5.86. The minimum absolute atomic E-state index is 0.192. The molecule has 0 aliphatic carbocycles. The normalized spacial score (nSPS) is 35.8. The lowest BCUT2D eigenvalue weighted by Crippen LogP contribution is -2.49. The maximum atomic E-state index is 10.7. The Morgan fingerprint density at radius 3 is 2.83 bits per heavy atom. The summed E-state index contributed by atoms with van der Waals surface area (Å²) >= 11 is 0. The van der Waals surface area contributed by atoms with Crippen LogP contribution in [0.4, 0.5) is 4.79 Å². The second kappa shape index (κ2) is 3.31. The fourth-order valence-corrected chi connectivity index (χ4v) is 1.84. The van der Waals surface area contributed by atoms with Gasteiger partial charge in [-0.25, -0.2) is 4.79 Å². The topological polar surface area (TPSA) is 50.4 Å². The fourth-order valence-electron chi connectivity index (χ4n) is 1.84. The molecule has 4 heteroatoms. The number of rotatable bonds is 1. The van der Waals surface area contributed by atoms with Crippen LogP contribution in [0.5, 0.6) is 0 Å². The molecule has 2 heterocycles. The molecule has 2 unspecified atom stereocenters. The molecule has 2 fully saturated rings. The predicted molar refractivity (Wildman–Crippen MR) is 43.9 cm³/mol. The summed E-state index contributed by atoms with van der Waals surface area (Å²) in [6.07, 6.45) is 3.38. The van der Waals surface area contributed by atoms with Crippen molar-refractivity contribution < 1.29 is 9.53 Å². The number of hydrogen-bond acceptors (Lipinski definition) is 3. The number of carbonyl (C=O) groups excluding carboxylic acids is 1. The third kappa shape index (κ3) is 1.53. The van der Waals surface area contributed by atoms with E-state index in [0.717, 1.165) is 13.0 Å². The van der Waals surface area contributed by atoms with Crippen LogP contribution in [0, 0.1) is 0 Å². The monoisotopic (exact) mass is 170 g/mol. The van der Waals surface area contributed by atoms with E-state index in [1.807, 2.05) is 0 Å². The SMILES string of the molecule is O=C1NC(C2CCCCN2)CO1. The number of nitrogens with one attached hydrogen (secondary N) is 2. The van der Waals surface area contributed by atoms with E-state index in [1.54, 1.807) is 0 Å². The van der Waals surface area contributed by atoms with Crippen molar-refractivity contribution >= 4 is 6.09 Å². The zero-order valence-corrected chi connectivity index (χ0v) is 7.01. The van der Waals surface area contributed by atoms with Crippen molar-refractivity contribution in [3.63, 3.8) is 0 Å². The van der Waals surface area contributed by atoms with Gasteiger partial charge in [-0.3, -0.25) is 0 Å². The number of amides is 1. The van der Waals surface area contributed by atoms with Gasteiger partial charge < -0.3 is 15.4 Å². The molecule has 12 heavy (non-hydrogen) atoms. The van der Waals surface area contributed by atoms with Crippen molar-refractivity contribution in [2.45, 2.75) is 31.3 Å². The Morgan fingerprint density at radius 2 is 2.25 bits per heavy atom. The average Bonchev–Trinajstić information content (AvgIpc) is 2.54. The number of carbonyl (C=O) groups is 1. The van der Waals surface area contributed by atoms with E-state index >= 15 is 0 Å². The molecule has 0 aromatic heterocycles. The Kier molecular flexibility index (Phi) is 2.17. The molecule has 2 aliphatic rings. The van der Waals surface area contributed by atoms with Gasteiger partial charge in [-0.1, -0.05) is 6.42 Å². The van der Waals surface area contributed by atoms with Crippen LogP contribution in [-0.2, 0) is 4.74 Å². The summed E-state index contributed by atoms with van der Waals surface area (Å²) < 4.78 is 4.83. The summed E-state index contributed by atoms with van der Waals surface area (Å²) in [4.78, 5) is 10.7. The fraction of sp³-hybridized carbons (Fsp3) is 0.875. The highest BCUT2D eigenvalue weighted by atomic mass is 16.6. The molecule has 2 saturated heterocycles. The molecule has 1 amide bonds. The van der Waals surface area contributed by atoms with Gasteiger partial charge in [-0.2, -0.15) is 0 Å². The van der Waals surface area contributed by atoms with Crippen LogP contribution in [0.3, 0.4) is 0 Å². The van der Waals surface area contributed by atoms with Gasteiger partial charge in [0.25, 0.3) is 0 Å². The Bertz CT molecular complexity index is 178. The molecule has 4 nitrogen and oxygen atoms in total. The van der Waals surface area contributed by atoms with E-state index in [2.05, 4.69) is 10.6 Å². The summed E-state index contributed by atoms with van der Waals surface area (Å²) in [7, 11) is 0. The van der Waals surface area contributed by atoms with Gasteiger partial charge in [0.1, 0.15) is 6.61 Å². The number of alkyl carbamates (subject to hydrolysis) is 1. The highest BCUT2D eigenvalue weighted by Gasteiger charge is 2.30. The lowest BCUT2D eigenvalue weighted by molar-refractivity contribution is 0.175. The highest BCUT2D eigenvalue weighted by molar-refractivity contribution is 5.69. The molecule has 2 N–H and O–H groups in total. The second-order valence-electron chi connectivity index (χ2n) is 3.41. The predicted octanol–water partition coefficient (Wildman–Crippen LogP) is 0.237. The van der Waals surface area contributed by atoms with E-state index in [1.165, 1.54) is 12.8 Å². The molecular weight excluding hydrogens is 156 g/mol. The quantitative estimate of drug-likeness (QED) is 0.592. The van der Waals surface area contributed by atoms with Gasteiger partial charge in [-0.05, 0) is 19.4 Å². The van der Waals surface area contributed by atoms with Crippen molar-refractivity contribution in [1.82, 2.24) is 10.6 Å². The van der Waals surface area contributed by atoms with Crippen molar-refractivity contribution in [2.75, 3.05) is 13.2 Å². The van der Waals surface area contributed by atoms with Gasteiger partial charge in [0.2, 0.25) is 0 Å². The van der Waals surface area contributed by atoms with E-state index in [0.29, 0.717) is 12.6 Å². The largest absolute Gasteiger partial charge is 0.447 e. The first-order valence-electron chi connectivity index (χ1n) is 4.53. The molecule has 0 aromatic carbocycles. The molecule has 2 rings (SSSR count). The Morgan fingerprint density at radius 1 is 1.33 bits per heavy atom. The maximum Gasteiger partial charge on any atom is 0.407 e. The van der Waals surface area contributed by atoms with E-state index in [4.69, 9.17) is 4.74 Å². The molecular formula is C8H14N2O2. The average molecular weight is 170 g/mol. The molecule has 0 saturated carbocycles. The zero-order chi connectivity index (χ0) is 8.39. The minimum Gasteiger partial charge on any atom is -0.447 e. The van der Waals surface area contributed by atoms with Crippen molar-refractivity contribution in [2.24, 2.45) is 0 Å². The number of ether oxygens (including phenoxy) is 1. The smallest absolute Gasteiger partial charge is 0.407 e. The van der Waals surface area contributed by atoms with Crippen LogP contribution in [0.15, 0.2) is 0 Å². The third-order valence-corrected chi connectivity index (χ3v) is 2.53. The molecule has 2 atom stereocenters. The van der Waals surface area contributed by atoms with E-state index < -0.39 is 0 Å². The number of piperidine rings is 1. The van der Waals surface area contributed by atoms with Gasteiger partial charge in [-0.15, -0.1) is 0 Å². The van der Waals surface area contributed by atoms with E-state index in [9.17, 15) is 4.79 Å². The molecule has 0 bridgehead atoms. The lowest BCUT2D eigenvalue weighted by atomic mass is 9.99. The summed E-state index contributed by atoms with van der Waals surface area (Å²) in [6.45, 7) is 1.59. The molecule has 0 spiro atoms. The second-order valence-corrected chi connectivity index (χ2v) is 3.41. The zero-order valence-electron chi connectivity index (χ0n) is 7.01. The summed E-state index contributed by atoms with van der Waals surface area (Å²) in [5.41, 5.74) is 0. The summed E-state index contributed by atoms with van der Waals surface area (Å²) in [5.74, 6) is 0. The van der Waals surface area contributed by atoms with Crippen LogP contribution in [0.1, 0.15) is 19.3 Å². The van der Waals surface area contributed by atoms with Gasteiger partial charge in [0.05, 0.1) is 6.04 Å². The van der Waals surface area contributed by atoms with Crippen LogP contribution in [-0.4, -0.2) is 31.3 Å². The molecule has 68 valence electrons. The molecule has 0 aromatic rings. The van der Waals surface area contributed by atoms with Crippen LogP contribution in [0.25, 0.3) is 0 Å². The summed E-state index contributed by atoms with van der Waals surface area (Å²) in [5, 5.41) is 6.19.